The second-order valence-corrected chi connectivity index (χ2v) is 6.23. The van der Waals surface area contributed by atoms with Gasteiger partial charge in [-0.15, -0.1) is 0 Å². The minimum absolute atomic E-state index is 0.321. The first-order chi connectivity index (χ1) is 8.62. The first-order valence-electron chi connectivity index (χ1n) is 4.86. The van der Waals surface area contributed by atoms with Gasteiger partial charge >= 0.3 is 0 Å². The monoisotopic (exact) mass is 311 g/mol. The minimum atomic E-state index is -4.82. The fraction of sp³-hybridized carbons (Fsp3) is 0.333. The number of hydrogen-bond acceptors (Lipinski definition) is 5. The molecule has 2 N–H and O–H groups in total. The average molecular weight is 311 g/mol. The Balaban J connectivity index is 3.84. The molecule has 0 aliphatic carbocycles. The summed E-state index contributed by atoms with van der Waals surface area (Å²) in [7, 11) is -8.44. The summed E-state index contributed by atoms with van der Waals surface area (Å²) in [6, 6.07) is 1.86. The fourth-order valence-corrected chi connectivity index (χ4v) is 3.36. The summed E-state index contributed by atoms with van der Waals surface area (Å²) >= 11 is 0. The van der Waals surface area contributed by atoms with Gasteiger partial charge in [-0.1, -0.05) is 0 Å². The van der Waals surface area contributed by atoms with Crippen LogP contribution in [-0.4, -0.2) is 39.7 Å². The zero-order valence-electron chi connectivity index (χ0n) is 9.73. The second-order valence-electron chi connectivity index (χ2n) is 3.48. The highest BCUT2D eigenvalue weighted by molar-refractivity contribution is 7.86. The van der Waals surface area contributed by atoms with Crippen molar-refractivity contribution in [2.45, 2.75) is 16.2 Å². The molecule has 19 heavy (non-hydrogen) atoms. The summed E-state index contributed by atoms with van der Waals surface area (Å²) in [6.45, 7) is -0.835. The molecule has 0 heterocycles. The van der Waals surface area contributed by atoms with Gasteiger partial charge in [0.2, 0.25) is 0 Å². The van der Waals surface area contributed by atoms with Crippen LogP contribution in [0.4, 0.5) is 0 Å². The number of benzene rings is 1. The summed E-state index contributed by atoms with van der Waals surface area (Å²) in [4.78, 5) is -1.59. The van der Waals surface area contributed by atoms with Crippen molar-refractivity contribution in [2.24, 2.45) is 0 Å². The van der Waals surface area contributed by atoms with Crippen LogP contribution < -0.4 is 4.74 Å². The van der Waals surface area contributed by atoms with Crippen molar-refractivity contribution in [2.75, 3.05) is 13.7 Å². The highest BCUT2D eigenvalue weighted by atomic mass is 32.2. The van der Waals surface area contributed by atoms with Crippen LogP contribution >= 0.6 is 0 Å². The van der Waals surface area contributed by atoms with Gasteiger partial charge in [0, 0.05) is 12.0 Å². The molecular weight excluding hydrogens is 300 g/mol. The molecule has 0 aliphatic heterocycles. The molecule has 0 amide bonds. The van der Waals surface area contributed by atoms with E-state index in [4.69, 9.17) is 13.8 Å². The van der Waals surface area contributed by atoms with Crippen LogP contribution in [0, 0.1) is 0 Å². The summed E-state index contributed by atoms with van der Waals surface area (Å²) < 4.78 is 67.7. The Bertz CT molecular complexity index is 674. The van der Waals surface area contributed by atoms with E-state index in [9.17, 15) is 21.9 Å². The predicted molar refractivity (Wildman–Crippen MR) is 61.9 cm³/mol. The topological polar surface area (TPSA) is 138 Å². The Kier molecular flexibility index (Phi) is 4.53. The largest absolute Gasteiger partial charge is 0.495 e. The quantitative estimate of drug-likeness (QED) is 0.738. The van der Waals surface area contributed by atoms with Crippen LogP contribution in [0.3, 0.4) is 0 Å². The molecule has 0 saturated heterocycles. The Hall–Kier alpha value is -1.20. The summed E-state index contributed by atoms with van der Waals surface area (Å²) in [5.41, 5.74) is -0.501. The smallest absolute Gasteiger partial charge is 0.298 e. The molecule has 0 aliphatic rings. The summed E-state index contributed by atoms with van der Waals surface area (Å²) in [5, 5.41) is 10.7. The number of ether oxygens (including phenoxy) is 1. The van der Waals surface area contributed by atoms with Gasteiger partial charge < -0.3 is 4.74 Å². The third-order valence-electron chi connectivity index (χ3n) is 2.29. The maximum atomic E-state index is 11.3. The molecular formula is C9H11O8S2. The molecule has 1 aromatic carbocycles. The van der Waals surface area contributed by atoms with Crippen molar-refractivity contribution in [3.8, 4) is 5.75 Å². The number of rotatable bonds is 5. The van der Waals surface area contributed by atoms with Gasteiger partial charge in [-0.05, 0) is 12.1 Å². The SMILES string of the molecule is COc1ccc(S(=O)(=O)O)c(CC[O])c1S(=O)(=O)O. The van der Waals surface area contributed by atoms with Crippen LogP contribution in [0.1, 0.15) is 5.56 Å². The molecule has 10 heteroatoms. The van der Waals surface area contributed by atoms with E-state index < -0.39 is 48.6 Å². The standard InChI is InChI=1S/C9H11O8S2/c1-17-7-2-3-8(18(11,12)13)6(4-5-10)9(7)19(14,15)16/h2-3H,4-5H2,1H3,(H,11,12,13)(H,14,15,16). The Morgan fingerprint density at radius 2 is 1.68 bits per heavy atom. The van der Waals surface area contributed by atoms with Crippen LogP contribution in [0.5, 0.6) is 5.75 Å². The molecule has 107 valence electrons. The van der Waals surface area contributed by atoms with Gasteiger partial charge in [-0.3, -0.25) is 9.11 Å². The van der Waals surface area contributed by atoms with Crippen LogP contribution in [0.15, 0.2) is 21.9 Å². The minimum Gasteiger partial charge on any atom is -0.495 e. The lowest BCUT2D eigenvalue weighted by Gasteiger charge is -2.13. The zero-order chi connectivity index (χ0) is 14.8. The molecule has 0 atom stereocenters. The van der Waals surface area contributed by atoms with Crippen molar-refractivity contribution in [3.05, 3.63) is 17.7 Å². The van der Waals surface area contributed by atoms with Gasteiger partial charge in [0.1, 0.15) is 10.6 Å². The molecule has 0 unspecified atom stereocenters. The van der Waals surface area contributed by atoms with E-state index in [2.05, 4.69) is 0 Å². The lowest BCUT2D eigenvalue weighted by atomic mass is 10.1. The highest BCUT2D eigenvalue weighted by Gasteiger charge is 2.28. The average Bonchev–Trinajstić information content (AvgIpc) is 2.25. The Labute approximate surface area is 110 Å². The lowest BCUT2D eigenvalue weighted by molar-refractivity contribution is 0.195. The lowest BCUT2D eigenvalue weighted by Crippen LogP contribution is -2.12. The molecule has 0 spiro atoms. The first kappa shape index (κ1) is 15.9. The van der Waals surface area contributed by atoms with Crippen molar-refractivity contribution < 1.29 is 35.8 Å². The number of hydrogen-bond donors (Lipinski definition) is 2. The van der Waals surface area contributed by atoms with Crippen molar-refractivity contribution in [1.82, 2.24) is 0 Å². The van der Waals surface area contributed by atoms with Crippen LogP contribution in [0.25, 0.3) is 0 Å². The van der Waals surface area contributed by atoms with Gasteiger partial charge in [0.15, 0.2) is 0 Å². The summed E-state index contributed by atoms with van der Waals surface area (Å²) in [5.74, 6) is -0.321. The van der Waals surface area contributed by atoms with E-state index in [1.165, 1.54) is 0 Å². The molecule has 0 fully saturated rings. The maximum absolute atomic E-state index is 11.3. The zero-order valence-corrected chi connectivity index (χ0v) is 11.4. The third-order valence-corrected chi connectivity index (χ3v) is 4.19. The van der Waals surface area contributed by atoms with Crippen molar-refractivity contribution >= 4 is 20.2 Å². The van der Waals surface area contributed by atoms with Gasteiger partial charge in [0.25, 0.3) is 20.2 Å². The van der Waals surface area contributed by atoms with E-state index in [0.29, 0.717) is 0 Å². The van der Waals surface area contributed by atoms with Crippen molar-refractivity contribution in [1.29, 1.82) is 0 Å². The Morgan fingerprint density at radius 3 is 2.05 bits per heavy atom. The van der Waals surface area contributed by atoms with E-state index in [0.717, 1.165) is 19.2 Å². The van der Waals surface area contributed by atoms with E-state index in [-0.39, 0.29) is 5.75 Å². The van der Waals surface area contributed by atoms with Gasteiger partial charge in [-0.2, -0.15) is 16.8 Å². The van der Waals surface area contributed by atoms with E-state index >= 15 is 0 Å². The molecule has 0 saturated carbocycles. The van der Waals surface area contributed by atoms with Gasteiger partial charge in [-0.25, -0.2) is 5.11 Å². The normalized spacial score (nSPS) is 12.4. The van der Waals surface area contributed by atoms with Crippen molar-refractivity contribution in [3.63, 3.8) is 0 Å². The molecule has 0 aromatic heterocycles. The van der Waals surface area contributed by atoms with E-state index in [1.54, 1.807) is 0 Å². The molecule has 8 nitrogen and oxygen atoms in total. The van der Waals surface area contributed by atoms with Crippen LogP contribution in [-0.2, 0) is 31.8 Å². The molecule has 0 bridgehead atoms. The third kappa shape index (κ3) is 3.42. The first-order valence-corrected chi connectivity index (χ1v) is 7.74. The molecule has 1 radical (unpaired) electrons. The van der Waals surface area contributed by atoms with Crippen LogP contribution in [0.2, 0.25) is 0 Å². The molecule has 1 aromatic rings. The van der Waals surface area contributed by atoms with Gasteiger partial charge in [0.05, 0.1) is 18.6 Å². The van der Waals surface area contributed by atoms with E-state index in [1.807, 2.05) is 0 Å². The second kappa shape index (κ2) is 5.43. The maximum Gasteiger partial charge on any atom is 0.298 e. The highest BCUT2D eigenvalue weighted by Crippen LogP contribution is 2.32. The molecule has 1 rings (SSSR count). The summed E-state index contributed by atoms with van der Waals surface area (Å²) in [6.07, 6.45) is -0.512. The fourth-order valence-electron chi connectivity index (χ4n) is 1.61. The predicted octanol–water partition coefficient (Wildman–Crippen LogP) is 0.162. The Morgan fingerprint density at radius 1 is 1.11 bits per heavy atom. The number of methoxy groups -OCH3 is 1.